The first kappa shape index (κ1) is 16.2. The van der Waals surface area contributed by atoms with Crippen molar-refractivity contribution in [2.24, 2.45) is 0 Å². The Morgan fingerprint density at radius 2 is 1.94 bits per heavy atom. The van der Waals surface area contributed by atoms with Gasteiger partial charge in [-0.3, -0.25) is 4.90 Å². The Morgan fingerprint density at radius 3 is 2.50 bits per heavy atom. The molecule has 0 N–H and O–H groups in total. The lowest BCUT2D eigenvalue weighted by Gasteiger charge is -2.38. The summed E-state index contributed by atoms with van der Waals surface area (Å²) in [6.45, 7) is 15.6. The first-order valence-corrected chi connectivity index (χ1v) is 10.1. The number of likely N-dealkylation sites (tertiary alicyclic amines) is 1. The van der Waals surface area contributed by atoms with Gasteiger partial charge < -0.3 is 9.16 Å². The van der Waals surface area contributed by atoms with Crippen molar-refractivity contribution in [1.82, 2.24) is 4.90 Å². The third kappa shape index (κ3) is 4.33. The number of hydrogen-bond donors (Lipinski definition) is 0. The van der Waals surface area contributed by atoms with Crippen molar-refractivity contribution in [3.8, 4) is 0 Å². The van der Waals surface area contributed by atoms with E-state index in [0.29, 0.717) is 11.1 Å². The molecule has 1 aliphatic heterocycles. The van der Waals surface area contributed by atoms with Gasteiger partial charge in [0.05, 0.1) is 6.61 Å². The fourth-order valence-electron chi connectivity index (χ4n) is 2.11. The van der Waals surface area contributed by atoms with Crippen LogP contribution in [0.5, 0.6) is 0 Å². The standard InChI is InChI=1S/C14H31NO2Si/c1-14(2,3)18(5,6)17-12-13-8-7-9-15(13)10-11-16-4/h13H,7-12H2,1-6H3/t13-/m0/s1. The highest BCUT2D eigenvalue weighted by atomic mass is 28.4. The lowest BCUT2D eigenvalue weighted by Crippen LogP contribution is -2.45. The van der Waals surface area contributed by atoms with Gasteiger partial charge in [-0.2, -0.15) is 0 Å². The van der Waals surface area contributed by atoms with Gasteiger partial charge in [-0.05, 0) is 37.5 Å². The zero-order valence-corrected chi connectivity index (χ0v) is 14.1. The molecule has 4 heteroatoms. The van der Waals surface area contributed by atoms with Gasteiger partial charge >= 0.3 is 0 Å². The van der Waals surface area contributed by atoms with Crippen LogP contribution in [0.4, 0.5) is 0 Å². The van der Waals surface area contributed by atoms with Crippen LogP contribution in [-0.2, 0) is 9.16 Å². The molecule has 1 aliphatic rings. The van der Waals surface area contributed by atoms with Crippen molar-refractivity contribution >= 4 is 8.32 Å². The minimum atomic E-state index is -1.59. The average Bonchev–Trinajstić information content (AvgIpc) is 2.69. The molecule has 3 nitrogen and oxygen atoms in total. The molecular formula is C14H31NO2Si. The molecule has 0 aromatic heterocycles. The number of nitrogens with zero attached hydrogens (tertiary/aromatic N) is 1. The quantitative estimate of drug-likeness (QED) is 0.694. The average molecular weight is 273 g/mol. The predicted molar refractivity (Wildman–Crippen MR) is 79.6 cm³/mol. The summed E-state index contributed by atoms with van der Waals surface area (Å²) in [5.41, 5.74) is 0. The van der Waals surface area contributed by atoms with E-state index in [1.807, 2.05) is 0 Å². The Bertz CT molecular complexity index is 251. The molecule has 1 fully saturated rings. The van der Waals surface area contributed by atoms with E-state index < -0.39 is 8.32 Å². The van der Waals surface area contributed by atoms with Crippen molar-refractivity contribution in [1.29, 1.82) is 0 Å². The van der Waals surface area contributed by atoms with Crippen molar-refractivity contribution in [3.63, 3.8) is 0 Å². The van der Waals surface area contributed by atoms with E-state index in [9.17, 15) is 0 Å². The summed E-state index contributed by atoms with van der Waals surface area (Å²) in [7, 11) is 0.184. The Labute approximate surface area is 114 Å². The lowest BCUT2D eigenvalue weighted by atomic mass is 10.2. The van der Waals surface area contributed by atoms with E-state index >= 15 is 0 Å². The molecule has 0 aromatic rings. The largest absolute Gasteiger partial charge is 0.415 e. The van der Waals surface area contributed by atoms with Crippen LogP contribution in [0.15, 0.2) is 0 Å². The number of hydrogen-bond acceptors (Lipinski definition) is 3. The molecule has 108 valence electrons. The molecule has 0 radical (unpaired) electrons. The van der Waals surface area contributed by atoms with Crippen LogP contribution in [0, 0.1) is 0 Å². The normalized spacial score (nSPS) is 22.7. The van der Waals surface area contributed by atoms with E-state index in [4.69, 9.17) is 9.16 Å². The van der Waals surface area contributed by atoms with E-state index in [2.05, 4.69) is 38.8 Å². The highest BCUT2D eigenvalue weighted by molar-refractivity contribution is 6.74. The molecule has 0 unspecified atom stereocenters. The molecule has 1 saturated heterocycles. The molecule has 18 heavy (non-hydrogen) atoms. The molecule has 0 aromatic carbocycles. The minimum absolute atomic E-state index is 0.308. The maximum Gasteiger partial charge on any atom is 0.192 e. The first-order valence-electron chi connectivity index (χ1n) is 7.15. The third-order valence-electron chi connectivity index (χ3n) is 4.52. The SMILES string of the molecule is COCCN1CCC[C@H]1CO[Si](C)(C)C(C)(C)C. The van der Waals surface area contributed by atoms with Gasteiger partial charge in [0.15, 0.2) is 8.32 Å². The van der Waals surface area contributed by atoms with E-state index in [1.165, 1.54) is 19.4 Å². The van der Waals surface area contributed by atoms with Gasteiger partial charge in [-0.25, -0.2) is 0 Å². The highest BCUT2D eigenvalue weighted by Crippen LogP contribution is 2.37. The zero-order valence-electron chi connectivity index (χ0n) is 13.1. The van der Waals surface area contributed by atoms with E-state index in [-0.39, 0.29) is 0 Å². The molecule has 0 bridgehead atoms. The Hall–Kier alpha value is 0.0969. The van der Waals surface area contributed by atoms with E-state index in [1.54, 1.807) is 7.11 Å². The second kappa shape index (κ2) is 6.50. The van der Waals surface area contributed by atoms with Crippen molar-refractivity contribution in [2.45, 2.75) is 57.8 Å². The summed E-state index contributed by atoms with van der Waals surface area (Å²) < 4.78 is 11.5. The predicted octanol–water partition coefficient (Wildman–Crippen LogP) is 3.12. The first-order chi connectivity index (χ1) is 8.28. The van der Waals surface area contributed by atoms with Crippen LogP contribution in [-0.4, -0.2) is 52.7 Å². The molecule has 1 atom stereocenters. The molecule has 0 spiro atoms. The number of ether oxygens (including phenoxy) is 1. The van der Waals surface area contributed by atoms with Crippen LogP contribution < -0.4 is 0 Å². The molecule has 0 aliphatic carbocycles. The Balaban J connectivity index is 2.42. The summed E-state index contributed by atoms with van der Waals surface area (Å²) in [5, 5.41) is 0.308. The summed E-state index contributed by atoms with van der Waals surface area (Å²) in [6.07, 6.45) is 2.58. The Kier molecular flexibility index (Phi) is 5.84. The summed E-state index contributed by atoms with van der Waals surface area (Å²) in [4.78, 5) is 2.52. The fourth-order valence-corrected chi connectivity index (χ4v) is 3.15. The van der Waals surface area contributed by atoms with Gasteiger partial charge in [0.2, 0.25) is 0 Å². The maximum atomic E-state index is 6.34. The van der Waals surface area contributed by atoms with Gasteiger partial charge in [0.25, 0.3) is 0 Å². The number of methoxy groups -OCH3 is 1. The zero-order chi connectivity index (χ0) is 13.8. The fraction of sp³-hybridized carbons (Fsp3) is 1.00. The maximum absolute atomic E-state index is 6.34. The summed E-state index contributed by atoms with van der Waals surface area (Å²) in [5.74, 6) is 0. The summed E-state index contributed by atoms with van der Waals surface area (Å²) >= 11 is 0. The third-order valence-corrected chi connectivity index (χ3v) is 9.03. The second-order valence-corrected chi connectivity index (χ2v) is 11.7. The van der Waals surface area contributed by atoms with Crippen LogP contribution in [0.25, 0.3) is 0 Å². The smallest absolute Gasteiger partial charge is 0.192 e. The van der Waals surface area contributed by atoms with E-state index in [0.717, 1.165) is 19.8 Å². The van der Waals surface area contributed by atoms with Gasteiger partial charge in [0, 0.05) is 26.3 Å². The topological polar surface area (TPSA) is 21.7 Å². The van der Waals surface area contributed by atoms with Crippen LogP contribution in [0.1, 0.15) is 33.6 Å². The monoisotopic (exact) mass is 273 g/mol. The van der Waals surface area contributed by atoms with Gasteiger partial charge in [-0.1, -0.05) is 20.8 Å². The Morgan fingerprint density at radius 1 is 1.28 bits per heavy atom. The summed E-state index contributed by atoms with van der Waals surface area (Å²) in [6, 6.07) is 0.606. The molecular weight excluding hydrogens is 242 g/mol. The van der Waals surface area contributed by atoms with Gasteiger partial charge in [-0.15, -0.1) is 0 Å². The van der Waals surface area contributed by atoms with Crippen molar-refractivity contribution in [2.75, 3.05) is 33.4 Å². The minimum Gasteiger partial charge on any atom is -0.415 e. The second-order valence-electron chi connectivity index (χ2n) is 6.90. The van der Waals surface area contributed by atoms with Crippen molar-refractivity contribution < 1.29 is 9.16 Å². The van der Waals surface area contributed by atoms with Gasteiger partial charge in [0.1, 0.15) is 0 Å². The molecule has 0 amide bonds. The van der Waals surface area contributed by atoms with Crippen LogP contribution in [0.2, 0.25) is 18.1 Å². The molecule has 1 heterocycles. The van der Waals surface area contributed by atoms with Crippen LogP contribution in [0.3, 0.4) is 0 Å². The lowest BCUT2D eigenvalue weighted by molar-refractivity contribution is 0.115. The number of rotatable bonds is 6. The highest BCUT2D eigenvalue weighted by Gasteiger charge is 2.38. The molecule has 1 rings (SSSR count). The van der Waals surface area contributed by atoms with Crippen LogP contribution >= 0.6 is 0 Å². The van der Waals surface area contributed by atoms with Crippen molar-refractivity contribution in [3.05, 3.63) is 0 Å². The molecule has 0 saturated carbocycles.